The highest BCUT2D eigenvalue weighted by Gasteiger charge is 2.38. The zero-order valence-corrected chi connectivity index (χ0v) is 11.5. The SMILES string of the molecule is CN1CCCc2c1nc(-c1ccccc1)nc2C(F)(F)F. The van der Waals surface area contributed by atoms with Gasteiger partial charge in [0.15, 0.2) is 11.5 Å². The Morgan fingerprint density at radius 1 is 1.10 bits per heavy atom. The molecule has 0 amide bonds. The van der Waals surface area contributed by atoms with Gasteiger partial charge < -0.3 is 4.90 Å². The van der Waals surface area contributed by atoms with Crippen molar-refractivity contribution in [3.63, 3.8) is 0 Å². The summed E-state index contributed by atoms with van der Waals surface area (Å²) < 4.78 is 39.9. The summed E-state index contributed by atoms with van der Waals surface area (Å²) in [5.74, 6) is 0.512. The summed E-state index contributed by atoms with van der Waals surface area (Å²) in [4.78, 5) is 9.92. The number of benzene rings is 1. The van der Waals surface area contributed by atoms with Crippen LogP contribution in [-0.2, 0) is 12.6 Å². The molecule has 0 spiro atoms. The molecule has 3 rings (SSSR count). The van der Waals surface area contributed by atoms with Crippen LogP contribution in [0.1, 0.15) is 17.7 Å². The van der Waals surface area contributed by atoms with Gasteiger partial charge in [-0.15, -0.1) is 0 Å². The van der Waals surface area contributed by atoms with Crippen LogP contribution in [0.3, 0.4) is 0 Å². The molecule has 1 aromatic carbocycles. The summed E-state index contributed by atoms with van der Waals surface area (Å²) >= 11 is 0. The molecule has 1 aromatic heterocycles. The molecule has 3 nitrogen and oxygen atoms in total. The van der Waals surface area contributed by atoms with Crippen molar-refractivity contribution in [2.24, 2.45) is 0 Å². The van der Waals surface area contributed by atoms with Gasteiger partial charge in [0.25, 0.3) is 0 Å². The average Bonchev–Trinajstić information content (AvgIpc) is 2.47. The van der Waals surface area contributed by atoms with Crippen LogP contribution in [0, 0.1) is 0 Å². The number of alkyl halides is 3. The van der Waals surface area contributed by atoms with Gasteiger partial charge in [-0.05, 0) is 12.8 Å². The maximum atomic E-state index is 13.3. The number of nitrogens with zero attached hydrogens (tertiary/aromatic N) is 3. The molecular formula is C15H14F3N3. The van der Waals surface area contributed by atoms with E-state index in [9.17, 15) is 13.2 Å². The molecule has 1 aliphatic rings. The van der Waals surface area contributed by atoms with Crippen LogP contribution >= 0.6 is 0 Å². The van der Waals surface area contributed by atoms with Gasteiger partial charge in [-0.3, -0.25) is 0 Å². The fourth-order valence-corrected chi connectivity index (χ4v) is 2.57. The first-order chi connectivity index (χ1) is 9.97. The number of aromatic nitrogens is 2. The van der Waals surface area contributed by atoms with Gasteiger partial charge in [0.1, 0.15) is 5.82 Å². The lowest BCUT2D eigenvalue weighted by Crippen LogP contribution is -2.29. The van der Waals surface area contributed by atoms with Crippen LogP contribution in [0.15, 0.2) is 30.3 Å². The molecule has 6 heteroatoms. The summed E-state index contributed by atoms with van der Waals surface area (Å²) in [6.45, 7) is 0.704. The van der Waals surface area contributed by atoms with Crippen LogP contribution in [0.4, 0.5) is 19.0 Å². The number of halogens is 3. The van der Waals surface area contributed by atoms with E-state index in [1.165, 1.54) is 0 Å². The minimum absolute atomic E-state index is 0.121. The third kappa shape index (κ3) is 2.57. The Labute approximate surface area is 120 Å². The van der Waals surface area contributed by atoms with Crippen molar-refractivity contribution < 1.29 is 13.2 Å². The van der Waals surface area contributed by atoms with E-state index in [-0.39, 0.29) is 11.4 Å². The third-order valence-corrected chi connectivity index (χ3v) is 3.57. The van der Waals surface area contributed by atoms with E-state index in [1.807, 2.05) is 0 Å². The fraction of sp³-hybridized carbons (Fsp3) is 0.333. The normalized spacial score (nSPS) is 15.0. The number of rotatable bonds is 1. The van der Waals surface area contributed by atoms with Crippen molar-refractivity contribution >= 4 is 5.82 Å². The highest BCUT2D eigenvalue weighted by atomic mass is 19.4. The van der Waals surface area contributed by atoms with Gasteiger partial charge in [0.05, 0.1) is 0 Å². The molecule has 0 saturated carbocycles. The van der Waals surface area contributed by atoms with Crippen molar-refractivity contribution in [3.8, 4) is 11.4 Å². The molecule has 1 aliphatic heterocycles. The molecule has 0 N–H and O–H groups in total. The second kappa shape index (κ2) is 5.02. The minimum Gasteiger partial charge on any atom is -0.359 e. The van der Waals surface area contributed by atoms with E-state index in [1.54, 1.807) is 42.3 Å². The largest absolute Gasteiger partial charge is 0.433 e. The number of anilines is 1. The van der Waals surface area contributed by atoms with Crippen LogP contribution in [0.5, 0.6) is 0 Å². The molecule has 0 radical (unpaired) electrons. The molecule has 0 unspecified atom stereocenters. The maximum absolute atomic E-state index is 13.3. The van der Waals surface area contributed by atoms with Crippen LogP contribution in [0.2, 0.25) is 0 Å². The van der Waals surface area contributed by atoms with Gasteiger partial charge >= 0.3 is 6.18 Å². The first kappa shape index (κ1) is 13.9. The van der Waals surface area contributed by atoms with Gasteiger partial charge in [0, 0.05) is 24.7 Å². The molecule has 2 aromatic rings. The number of hydrogen-bond donors (Lipinski definition) is 0. The summed E-state index contributed by atoms with van der Waals surface area (Å²) in [6.07, 6.45) is -3.42. The van der Waals surface area contributed by atoms with Crippen LogP contribution in [0.25, 0.3) is 11.4 Å². The highest BCUT2D eigenvalue weighted by Crippen LogP contribution is 2.37. The van der Waals surface area contributed by atoms with E-state index in [4.69, 9.17) is 0 Å². The van der Waals surface area contributed by atoms with Gasteiger partial charge in [0.2, 0.25) is 0 Å². The van der Waals surface area contributed by atoms with Gasteiger partial charge in [-0.25, -0.2) is 9.97 Å². The molecule has 0 saturated heterocycles. The Hall–Kier alpha value is -2.11. The second-order valence-corrected chi connectivity index (χ2v) is 5.09. The molecule has 0 fully saturated rings. The Bertz CT molecular complexity index is 653. The fourth-order valence-electron chi connectivity index (χ4n) is 2.57. The summed E-state index contributed by atoms with van der Waals surface area (Å²) in [7, 11) is 1.76. The molecule has 2 heterocycles. The molecule has 21 heavy (non-hydrogen) atoms. The van der Waals surface area contributed by atoms with Crippen LogP contribution < -0.4 is 4.90 Å². The Kier molecular flexibility index (Phi) is 3.31. The quantitative estimate of drug-likeness (QED) is 0.805. The minimum atomic E-state index is -4.46. The Morgan fingerprint density at radius 2 is 1.81 bits per heavy atom. The van der Waals surface area contributed by atoms with Gasteiger partial charge in [-0.2, -0.15) is 13.2 Å². The van der Waals surface area contributed by atoms with Crippen molar-refractivity contribution in [1.29, 1.82) is 0 Å². The van der Waals surface area contributed by atoms with Crippen molar-refractivity contribution in [1.82, 2.24) is 9.97 Å². The first-order valence-electron chi connectivity index (χ1n) is 6.71. The van der Waals surface area contributed by atoms with Crippen molar-refractivity contribution in [3.05, 3.63) is 41.6 Å². The molecular weight excluding hydrogens is 279 g/mol. The average molecular weight is 293 g/mol. The van der Waals surface area contributed by atoms with E-state index in [2.05, 4.69) is 9.97 Å². The second-order valence-electron chi connectivity index (χ2n) is 5.09. The smallest absolute Gasteiger partial charge is 0.359 e. The topological polar surface area (TPSA) is 29.0 Å². The maximum Gasteiger partial charge on any atom is 0.433 e. The van der Waals surface area contributed by atoms with Crippen molar-refractivity contribution in [2.45, 2.75) is 19.0 Å². The molecule has 0 atom stereocenters. The van der Waals surface area contributed by atoms with Crippen molar-refractivity contribution in [2.75, 3.05) is 18.5 Å². The molecule has 0 bridgehead atoms. The lowest BCUT2D eigenvalue weighted by Gasteiger charge is -2.28. The van der Waals surface area contributed by atoms with E-state index < -0.39 is 11.9 Å². The predicted octanol–water partition coefficient (Wildman–Crippen LogP) is 3.54. The number of fused-ring (bicyclic) bond motifs is 1. The first-order valence-corrected chi connectivity index (χ1v) is 6.71. The summed E-state index contributed by atoms with van der Waals surface area (Å²) in [5, 5.41) is 0. The highest BCUT2D eigenvalue weighted by molar-refractivity contribution is 5.61. The molecule has 0 aliphatic carbocycles. The predicted molar refractivity (Wildman–Crippen MR) is 74.1 cm³/mol. The summed E-state index contributed by atoms with van der Waals surface area (Å²) in [6, 6.07) is 8.75. The lowest BCUT2D eigenvalue weighted by atomic mass is 10.0. The van der Waals surface area contributed by atoms with Crippen LogP contribution in [-0.4, -0.2) is 23.6 Å². The zero-order chi connectivity index (χ0) is 15.0. The Balaban J connectivity index is 2.22. The van der Waals surface area contributed by atoms with E-state index in [0.29, 0.717) is 30.8 Å². The number of hydrogen-bond acceptors (Lipinski definition) is 3. The standard InChI is InChI=1S/C15H14F3N3/c1-21-9-5-8-11-12(15(16,17)18)19-13(20-14(11)21)10-6-3-2-4-7-10/h2-4,6-7H,5,8-9H2,1H3. The Morgan fingerprint density at radius 3 is 2.48 bits per heavy atom. The van der Waals surface area contributed by atoms with E-state index in [0.717, 1.165) is 0 Å². The lowest BCUT2D eigenvalue weighted by molar-refractivity contribution is -0.141. The third-order valence-electron chi connectivity index (χ3n) is 3.57. The van der Waals surface area contributed by atoms with Gasteiger partial charge in [-0.1, -0.05) is 30.3 Å². The summed E-state index contributed by atoms with van der Waals surface area (Å²) in [5.41, 5.74) is -0.0152. The van der Waals surface area contributed by atoms with E-state index >= 15 is 0 Å². The zero-order valence-electron chi connectivity index (χ0n) is 11.5. The molecule has 110 valence electrons. The monoisotopic (exact) mass is 293 g/mol.